The Labute approximate surface area is 125 Å². The number of fused-ring (bicyclic) bond motifs is 4. The third kappa shape index (κ3) is 1.62. The number of ether oxygens (including phenoxy) is 1. The summed E-state index contributed by atoms with van der Waals surface area (Å²) in [6.45, 7) is 3.71. The fourth-order valence-corrected chi connectivity index (χ4v) is 3.40. The van der Waals surface area contributed by atoms with Gasteiger partial charge in [0.15, 0.2) is 5.76 Å². The van der Waals surface area contributed by atoms with E-state index in [4.69, 9.17) is 20.8 Å². The maximum Gasteiger partial charge on any atom is 0.234 e. The average molecular weight is 303 g/mol. The SMILES string of the molecule is C=CC1Oc2c(oc3ccc(Cl)cc3c2=O)C2C(C=O)C12. The molecule has 0 amide bonds. The maximum absolute atomic E-state index is 12.6. The number of benzene rings is 1. The zero-order chi connectivity index (χ0) is 14.7. The lowest BCUT2D eigenvalue weighted by atomic mass is 10.1. The molecule has 4 atom stereocenters. The van der Waals surface area contributed by atoms with E-state index in [1.807, 2.05) is 0 Å². The molecule has 5 heteroatoms. The van der Waals surface area contributed by atoms with E-state index in [1.165, 1.54) is 0 Å². The monoisotopic (exact) mass is 302 g/mol. The summed E-state index contributed by atoms with van der Waals surface area (Å²) in [7, 11) is 0. The second-order valence-corrected chi connectivity index (χ2v) is 5.84. The van der Waals surface area contributed by atoms with Crippen molar-refractivity contribution in [2.24, 2.45) is 11.8 Å². The van der Waals surface area contributed by atoms with Crippen molar-refractivity contribution < 1.29 is 13.9 Å². The van der Waals surface area contributed by atoms with Crippen LogP contribution in [0.1, 0.15) is 11.7 Å². The van der Waals surface area contributed by atoms with Gasteiger partial charge in [0, 0.05) is 22.8 Å². The molecule has 1 saturated carbocycles. The van der Waals surface area contributed by atoms with Crippen LogP contribution in [0, 0.1) is 11.8 Å². The van der Waals surface area contributed by atoms with Gasteiger partial charge in [-0.05, 0) is 18.2 Å². The van der Waals surface area contributed by atoms with E-state index in [2.05, 4.69) is 6.58 Å². The highest BCUT2D eigenvalue weighted by atomic mass is 35.5. The Morgan fingerprint density at radius 3 is 2.86 bits per heavy atom. The quantitative estimate of drug-likeness (QED) is 0.632. The van der Waals surface area contributed by atoms with Crippen LogP contribution in [-0.4, -0.2) is 12.4 Å². The molecule has 1 fully saturated rings. The summed E-state index contributed by atoms with van der Waals surface area (Å²) >= 11 is 5.93. The number of hydrogen-bond donors (Lipinski definition) is 0. The van der Waals surface area contributed by atoms with Crippen molar-refractivity contribution in [2.75, 3.05) is 0 Å². The molecule has 0 N–H and O–H groups in total. The van der Waals surface area contributed by atoms with E-state index in [0.29, 0.717) is 21.8 Å². The second-order valence-electron chi connectivity index (χ2n) is 5.40. The first-order valence-electron chi connectivity index (χ1n) is 6.66. The van der Waals surface area contributed by atoms with E-state index in [1.54, 1.807) is 24.3 Å². The third-order valence-electron chi connectivity index (χ3n) is 4.29. The van der Waals surface area contributed by atoms with Crippen molar-refractivity contribution in [1.29, 1.82) is 0 Å². The Morgan fingerprint density at radius 1 is 1.33 bits per heavy atom. The summed E-state index contributed by atoms with van der Waals surface area (Å²) < 4.78 is 11.5. The first kappa shape index (κ1) is 12.7. The number of rotatable bonds is 2. The first-order chi connectivity index (χ1) is 10.2. The minimum Gasteiger partial charge on any atom is -0.479 e. The maximum atomic E-state index is 12.6. The van der Waals surface area contributed by atoms with Gasteiger partial charge in [0.25, 0.3) is 0 Å². The molecule has 21 heavy (non-hydrogen) atoms. The number of halogens is 1. The smallest absolute Gasteiger partial charge is 0.234 e. The molecule has 2 heterocycles. The molecule has 1 aliphatic heterocycles. The number of carbonyl (C=O) groups is 1. The van der Waals surface area contributed by atoms with E-state index in [0.717, 1.165) is 6.29 Å². The summed E-state index contributed by atoms with van der Waals surface area (Å²) in [4.78, 5) is 23.8. The van der Waals surface area contributed by atoms with Gasteiger partial charge in [0.1, 0.15) is 18.0 Å². The highest BCUT2D eigenvalue weighted by Crippen LogP contribution is 2.60. The molecular formula is C16H11ClO4. The predicted octanol–water partition coefficient (Wildman–Crippen LogP) is 2.92. The Hall–Kier alpha value is -2.07. The molecular weight excluding hydrogens is 292 g/mol. The van der Waals surface area contributed by atoms with Gasteiger partial charge in [-0.3, -0.25) is 4.79 Å². The van der Waals surface area contributed by atoms with Crippen LogP contribution in [0.15, 0.2) is 40.1 Å². The molecule has 1 aromatic carbocycles. The molecule has 2 aromatic rings. The summed E-state index contributed by atoms with van der Waals surface area (Å²) in [5, 5.41) is 0.840. The highest BCUT2D eigenvalue weighted by Gasteiger charge is 2.61. The van der Waals surface area contributed by atoms with Crippen molar-refractivity contribution in [1.82, 2.24) is 0 Å². The largest absolute Gasteiger partial charge is 0.479 e. The molecule has 0 spiro atoms. The molecule has 0 saturated heterocycles. The van der Waals surface area contributed by atoms with E-state index in [-0.39, 0.29) is 35.0 Å². The fourth-order valence-electron chi connectivity index (χ4n) is 3.23. The fraction of sp³-hybridized carbons (Fsp3) is 0.250. The molecule has 0 radical (unpaired) electrons. The van der Waals surface area contributed by atoms with Crippen molar-refractivity contribution >= 4 is 28.9 Å². The van der Waals surface area contributed by atoms with Crippen LogP contribution in [0.4, 0.5) is 0 Å². The number of carbonyl (C=O) groups excluding carboxylic acids is 1. The summed E-state index contributed by atoms with van der Waals surface area (Å²) in [6.07, 6.45) is 2.19. The minimum absolute atomic E-state index is 0.0143. The molecule has 4 rings (SSSR count). The molecule has 0 bridgehead atoms. The van der Waals surface area contributed by atoms with Crippen LogP contribution in [0.5, 0.6) is 5.75 Å². The summed E-state index contributed by atoms with van der Waals surface area (Å²) in [6, 6.07) is 4.88. The Balaban J connectivity index is 1.99. The van der Waals surface area contributed by atoms with Crippen LogP contribution in [0.25, 0.3) is 11.0 Å². The van der Waals surface area contributed by atoms with Gasteiger partial charge in [-0.2, -0.15) is 0 Å². The van der Waals surface area contributed by atoms with Crippen molar-refractivity contribution in [3.05, 3.63) is 51.9 Å². The van der Waals surface area contributed by atoms with E-state index >= 15 is 0 Å². The van der Waals surface area contributed by atoms with Crippen LogP contribution in [0.3, 0.4) is 0 Å². The molecule has 4 unspecified atom stereocenters. The Morgan fingerprint density at radius 2 is 2.14 bits per heavy atom. The van der Waals surface area contributed by atoms with Gasteiger partial charge in [-0.15, -0.1) is 0 Å². The average Bonchev–Trinajstić information content (AvgIpc) is 3.22. The molecule has 2 aliphatic rings. The van der Waals surface area contributed by atoms with E-state index in [9.17, 15) is 9.59 Å². The number of aldehydes is 1. The summed E-state index contributed by atoms with van der Waals surface area (Å²) in [5.74, 6) is 0.389. The lowest BCUT2D eigenvalue weighted by molar-refractivity contribution is -0.109. The van der Waals surface area contributed by atoms with Gasteiger partial charge in [-0.1, -0.05) is 24.3 Å². The zero-order valence-electron chi connectivity index (χ0n) is 10.9. The van der Waals surface area contributed by atoms with Gasteiger partial charge < -0.3 is 13.9 Å². The van der Waals surface area contributed by atoms with Crippen molar-refractivity contribution in [2.45, 2.75) is 12.0 Å². The van der Waals surface area contributed by atoms with Crippen LogP contribution in [-0.2, 0) is 4.79 Å². The third-order valence-corrected chi connectivity index (χ3v) is 4.53. The van der Waals surface area contributed by atoms with Gasteiger partial charge in [0.2, 0.25) is 11.2 Å². The van der Waals surface area contributed by atoms with Crippen LogP contribution in [0.2, 0.25) is 5.02 Å². The highest BCUT2D eigenvalue weighted by molar-refractivity contribution is 6.31. The lowest BCUT2D eigenvalue weighted by Crippen LogP contribution is -2.26. The van der Waals surface area contributed by atoms with Gasteiger partial charge >= 0.3 is 0 Å². The number of hydrogen-bond acceptors (Lipinski definition) is 4. The zero-order valence-corrected chi connectivity index (χ0v) is 11.7. The molecule has 4 nitrogen and oxygen atoms in total. The topological polar surface area (TPSA) is 56.5 Å². The predicted molar refractivity (Wildman–Crippen MR) is 77.9 cm³/mol. The second kappa shape index (κ2) is 4.21. The van der Waals surface area contributed by atoms with Crippen molar-refractivity contribution in [3.8, 4) is 5.75 Å². The lowest BCUT2D eigenvalue weighted by Gasteiger charge is -2.21. The summed E-state index contributed by atoms with van der Waals surface area (Å²) in [5.41, 5.74) is 0.203. The molecule has 1 aromatic heterocycles. The molecule has 1 aliphatic carbocycles. The Bertz CT molecular complexity index is 838. The minimum atomic E-state index is -0.336. The van der Waals surface area contributed by atoms with E-state index < -0.39 is 0 Å². The van der Waals surface area contributed by atoms with Crippen molar-refractivity contribution in [3.63, 3.8) is 0 Å². The van der Waals surface area contributed by atoms with Gasteiger partial charge in [-0.25, -0.2) is 0 Å². The molecule has 106 valence electrons. The Kier molecular flexibility index (Phi) is 2.54. The van der Waals surface area contributed by atoms with Gasteiger partial charge in [0.05, 0.1) is 5.39 Å². The van der Waals surface area contributed by atoms with Crippen LogP contribution >= 0.6 is 11.6 Å². The van der Waals surface area contributed by atoms with Crippen LogP contribution < -0.4 is 10.2 Å². The first-order valence-corrected chi connectivity index (χ1v) is 7.04. The normalized spacial score (nSPS) is 29.2. The standard InChI is InChI=1S/C16H11ClO4/c1-2-10-12-9(6-18)13(12)15-16(20-10)14(19)8-5-7(17)3-4-11(8)21-15/h2-6,9-10,12-13H,1H2.